The third-order valence-corrected chi connectivity index (χ3v) is 5.24. The first-order valence-corrected chi connectivity index (χ1v) is 9.58. The average Bonchev–Trinajstić information content (AvgIpc) is 3.11. The van der Waals surface area contributed by atoms with Crippen molar-refractivity contribution in [3.63, 3.8) is 0 Å². The van der Waals surface area contributed by atoms with Crippen molar-refractivity contribution in [1.82, 2.24) is 9.78 Å². The molecule has 156 valence electrons. The molecule has 1 aromatic heterocycles. The fraction of sp³-hybridized carbons (Fsp3) is 0.273. The van der Waals surface area contributed by atoms with E-state index in [0.29, 0.717) is 5.69 Å². The summed E-state index contributed by atoms with van der Waals surface area (Å²) in [5, 5.41) is 9.74. The summed E-state index contributed by atoms with van der Waals surface area (Å²) in [6.45, 7) is 3.80. The number of hydrogen-bond acceptors (Lipinski definition) is 3. The van der Waals surface area contributed by atoms with Gasteiger partial charge >= 0.3 is 6.18 Å². The Labute approximate surface area is 171 Å². The molecule has 2 N–H and O–H groups in total. The molecule has 1 amide bonds. The van der Waals surface area contributed by atoms with Crippen molar-refractivity contribution in [2.24, 2.45) is 0 Å². The van der Waals surface area contributed by atoms with E-state index in [0.717, 1.165) is 21.4 Å². The van der Waals surface area contributed by atoms with Crippen LogP contribution in [-0.2, 0) is 0 Å². The summed E-state index contributed by atoms with van der Waals surface area (Å²) < 4.78 is 42.2. The van der Waals surface area contributed by atoms with Crippen LogP contribution in [-0.4, -0.2) is 21.9 Å². The van der Waals surface area contributed by atoms with Gasteiger partial charge in [-0.15, -0.1) is 0 Å². The quantitative estimate of drug-likeness (QED) is 0.602. The lowest BCUT2D eigenvalue weighted by Gasteiger charge is -2.34. The summed E-state index contributed by atoms with van der Waals surface area (Å²) in [4.78, 5) is 12.8. The van der Waals surface area contributed by atoms with E-state index in [1.54, 1.807) is 30.3 Å². The topological polar surface area (TPSA) is 59.0 Å². The zero-order chi connectivity index (χ0) is 21.5. The molecule has 0 aliphatic carbocycles. The van der Waals surface area contributed by atoms with Gasteiger partial charge in [0.25, 0.3) is 5.91 Å². The molecule has 5 nitrogen and oxygen atoms in total. The number of carbonyl (C=O) groups excluding carboxylic acids is 1. The van der Waals surface area contributed by atoms with Crippen LogP contribution in [0.2, 0.25) is 0 Å². The fourth-order valence-electron chi connectivity index (χ4n) is 3.67. The molecule has 0 saturated carbocycles. The second kappa shape index (κ2) is 7.51. The molecule has 0 radical (unpaired) electrons. The Morgan fingerprint density at radius 2 is 1.87 bits per heavy atom. The van der Waals surface area contributed by atoms with E-state index in [1.165, 1.54) is 6.20 Å². The molecule has 1 aliphatic heterocycles. The first-order valence-electron chi connectivity index (χ1n) is 9.58. The summed E-state index contributed by atoms with van der Waals surface area (Å²) in [7, 11) is 0. The number of benzene rings is 2. The maximum atomic E-state index is 13.8. The molecule has 0 saturated heterocycles. The number of carbonyl (C=O) groups is 1. The molecule has 2 aromatic carbocycles. The standard InChI is InChI=1S/C22H21F3N4O/c1-13-6-8-15(9-7-13)18-11-19(22(23,24)25)29-20(28-18)17(12-26-29)21(30)27-16-5-3-4-14(2)10-16/h3-10,12,18-19,28H,11H2,1-2H3,(H,27,30). The van der Waals surface area contributed by atoms with Crippen molar-refractivity contribution in [2.75, 3.05) is 10.6 Å². The average molecular weight is 414 g/mol. The Balaban J connectivity index is 1.69. The summed E-state index contributed by atoms with van der Waals surface area (Å²) >= 11 is 0. The maximum Gasteiger partial charge on any atom is 0.410 e. The smallest absolute Gasteiger partial charge is 0.363 e. The number of fused-ring (bicyclic) bond motifs is 1. The normalized spacial score (nSPS) is 18.4. The monoisotopic (exact) mass is 414 g/mol. The highest BCUT2D eigenvalue weighted by atomic mass is 19.4. The van der Waals surface area contributed by atoms with Crippen LogP contribution >= 0.6 is 0 Å². The van der Waals surface area contributed by atoms with Crippen LogP contribution in [0.3, 0.4) is 0 Å². The van der Waals surface area contributed by atoms with Crippen molar-refractivity contribution in [3.05, 3.63) is 77.0 Å². The van der Waals surface area contributed by atoms with Gasteiger partial charge in [0.1, 0.15) is 11.4 Å². The Morgan fingerprint density at radius 3 is 2.53 bits per heavy atom. The molecule has 0 spiro atoms. The molecule has 0 bridgehead atoms. The maximum absolute atomic E-state index is 13.8. The molecular formula is C22H21F3N4O. The minimum Gasteiger partial charge on any atom is -0.363 e. The number of amides is 1. The second-order valence-electron chi connectivity index (χ2n) is 7.58. The Kier molecular flexibility index (Phi) is 5.01. The molecule has 0 fully saturated rings. The SMILES string of the molecule is Cc1ccc(C2CC(C(F)(F)F)n3ncc(C(=O)Nc4cccc(C)c4)c3N2)cc1. The lowest BCUT2D eigenvalue weighted by atomic mass is 9.96. The van der Waals surface area contributed by atoms with E-state index < -0.39 is 24.2 Å². The highest BCUT2D eigenvalue weighted by Gasteiger charge is 2.47. The van der Waals surface area contributed by atoms with Gasteiger partial charge < -0.3 is 10.6 Å². The first kappa shape index (κ1) is 20.0. The van der Waals surface area contributed by atoms with Gasteiger partial charge in [-0.25, -0.2) is 4.68 Å². The van der Waals surface area contributed by atoms with E-state index in [-0.39, 0.29) is 17.8 Å². The van der Waals surface area contributed by atoms with Crippen LogP contribution in [0.1, 0.15) is 45.6 Å². The van der Waals surface area contributed by atoms with Gasteiger partial charge in [0.15, 0.2) is 6.04 Å². The zero-order valence-corrected chi connectivity index (χ0v) is 16.5. The molecule has 2 unspecified atom stereocenters. The molecule has 4 rings (SSSR count). The van der Waals surface area contributed by atoms with Gasteiger partial charge in [0, 0.05) is 12.1 Å². The first-order chi connectivity index (χ1) is 14.2. The van der Waals surface area contributed by atoms with Gasteiger partial charge in [-0.2, -0.15) is 18.3 Å². The fourth-order valence-corrected chi connectivity index (χ4v) is 3.67. The molecule has 30 heavy (non-hydrogen) atoms. The Bertz CT molecular complexity index is 1070. The van der Waals surface area contributed by atoms with E-state index in [1.807, 2.05) is 32.0 Å². The summed E-state index contributed by atoms with van der Waals surface area (Å²) in [5.41, 5.74) is 3.35. The van der Waals surface area contributed by atoms with Crippen molar-refractivity contribution < 1.29 is 18.0 Å². The zero-order valence-electron chi connectivity index (χ0n) is 16.5. The van der Waals surface area contributed by atoms with Gasteiger partial charge in [0.05, 0.1) is 12.2 Å². The van der Waals surface area contributed by atoms with Gasteiger partial charge in [-0.05, 0) is 37.1 Å². The van der Waals surface area contributed by atoms with E-state index in [2.05, 4.69) is 15.7 Å². The Hall–Kier alpha value is -3.29. The second-order valence-corrected chi connectivity index (χ2v) is 7.58. The Morgan fingerprint density at radius 1 is 1.13 bits per heavy atom. The number of alkyl halides is 3. The van der Waals surface area contributed by atoms with E-state index in [9.17, 15) is 18.0 Å². The molecule has 3 aromatic rings. The van der Waals surface area contributed by atoms with Crippen LogP contribution in [0.5, 0.6) is 0 Å². The number of nitrogens with zero attached hydrogens (tertiary/aromatic N) is 2. The van der Waals surface area contributed by atoms with Crippen molar-refractivity contribution in [2.45, 2.75) is 38.5 Å². The van der Waals surface area contributed by atoms with Crippen molar-refractivity contribution >= 4 is 17.4 Å². The van der Waals surface area contributed by atoms with Gasteiger partial charge in [-0.3, -0.25) is 4.79 Å². The number of halogens is 3. The summed E-state index contributed by atoms with van der Waals surface area (Å²) in [5.74, 6) is -0.445. The highest BCUT2D eigenvalue weighted by Crippen LogP contribution is 2.44. The minimum atomic E-state index is -4.49. The van der Waals surface area contributed by atoms with Gasteiger partial charge in [0.2, 0.25) is 0 Å². The van der Waals surface area contributed by atoms with Crippen LogP contribution in [0.25, 0.3) is 0 Å². The third kappa shape index (κ3) is 3.90. The predicted molar refractivity (Wildman–Crippen MR) is 109 cm³/mol. The minimum absolute atomic E-state index is 0.0688. The number of aromatic nitrogens is 2. The molecule has 2 atom stereocenters. The molecule has 8 heteroatoms. The lowest BCUT2D eigenvalue weighted by molar-refractivity contribution is -0.173. The van der Waals surface area contributed by atoms with E-state index in [4.69, 9.17) is 0 Å². The largest absolute Gasteiger partial charge is 0.410 e. The lowest BCUT2D eigenvalue weighted by Crippen LogP contribution is -2.36. The molecule has 2 heterocycles. The summed E-state index contributed by atoms with van der Waals surface area (Å²) in [6, 6.07) is 12.1. The number of rotatable bonds is 3. The molecule has 1 aliphatic rings. The van der Waals surface area contributed by atoms with Crippen LogP contribution in [0.4, 0.5) is 24.7 Å². The predicted octanol–water partition coefficient (Wildman–Crippen LogP) is 5.41. The van der Waals surface area contributed by atoms with Crippen LogP contribution in [0.15, 0.2) is 54.7 Å². The summed E-state index contributed by atoms with van der Waals surface area (Å²) in [6.07, 6.45) is -3.51. The number of aryl methyl sites for hydroxylation is 2. The third-order valence-electron chi connectivity index (χ3n) is 5.24. The number of nitrogens with one attached hydrogen (secondary N) is 2. The van der Waals surface area contributed by atoms with Crippen LogP contribution in [0, 0.1) is 13.8 Å². The highest BCUT2D eigenvalue weighted by molar-refractivity contribution is 6.07. The number of anilines is 2. The van der Waals surface area contributed by atoms with Crippen LogP contribution < -0.4 is 10.6 Å². The molecular weight excluding hydrogens is 393 g/mol. The van der Waals surface area contributed by atoms with Crippen molar-refractivity contribution in [3.8, 4) is 0 Å². The number of hydrogen-bond donors (Lipinski definition) is 2. The van der Waals surface area contributed by atoms with E-state index >= 15 is 0 Å². The van der Waals surface area contributed by atoms with Crippen molar-refractivity contribution in [1.29, 1.82) is 0 Å². The van der Waals surface area contributed by atoms with Gasteiger partial charge in [-0.1, -0.05) is 42.0 Å².